The molecule has 16 heavy (non-hydrogen) atoms. The van der Waals surface area contributed by atoms with Gasteiger partial charge in [-0.2, -0.15) is 0 Å². The lowest BCUT2D eigenvalue weighted by molar-refractivity contribution is 1.34. The van der Waals surface area contributed by atoms with Gasteiger partial charge in [-0.3, -0.25) is 4.99 Å². The van der Waals surface area contributed by atoms with E-state index in [0.717, 1.165) is 23.4 Å². The molecule has 0 fully saturated rings. The van der Waals surface area contributed by atoms with Gasteiger partial charge in [0, 0.05) is 16.9 Å². The number of allylic oxidation sites excluding steroid dienone is 1. The lowest BCUT2D eigenvalue weighted by Gasteiger charge is -2.16. The quantitative estimate of drug-likeness (QED) is 0.686. The SMILES string of the molecule is C=C1CC(c2cccs2)=Nc2ccccc21. The molecule has 2 aromatic rings. The molecule has 0 saturated heterocycles. The van der Waals surface area contributed by atoms with Gasteiger partial charge >= 0.3 is 0 Å². The van der Waals surface area contributed by atoms with Crippen LogP contribution in [0.15, 0.2) is 53.3 Å². The fourth-order valence-electron chi connectivity index (χ4n) is 1.94. The number of benzene rings is 1. The predicted molar refractivity (Wildman–Crippen MR) is 70.6 cm³/mol. The zero-order valence-electron chi connectivity index (χ0n) is 8.81. The Hall–Kier alpha value is -1.67. The molecule has 0 radical (unpaired) electrons. The van der Waals surface area contributed by atoms with Crippen molar-refractivity contribution >= 4 is 28.3 Å². The van der Waals surface area contributed by atoms with Gasteiger partial charge in [-0.1, -0.05) is 30.8 Å². The smallest absolute Gasteiger partial charge is 0.0708 e. The van der Waals surface area contributed by atoms with Crippen molar-refractivity contribution in [1.29, 1.82) is 0 Å². The highest BCUT2D eigenvalue weighted by Gasteiger charge is 2.16. The van der Waals surface area contributed by atoms with Crippen molar-refractivity contribution in [2.24, 2.45) is 4.99 Å². The molecule has 0 spiro atoms. The Morgan fingerprint density at radius 3 is 2.81 bits per heavy atom. The second-order valence-corrected chi connectivity index (χ2v) is 4.78. The molecular formula is C14H11NS. The van der Waals surface area contributed by atoms with Crippen molar-refractivity contribution < 1.29 is 0 Å². The number of thiophene rings is 1. The normalized spacial score (nSPS) is 14.5. The highest BCUT2D eigenvalue weighted by atomic mass is 32.1. The lowest BCUT2D eigenvalue weighted by atomic mass is 9.96. The van der Waals surface area contributed by atoms with Crippen molar-refractivity contribution in [3.05, 3.63) is 58.8 Å². The zero-order chi connectivity index (χ0) is 11.0. The first kappa shape index (κ1) is 9.55. The van der Waals surface area contributed by atoms with Crippen LogP contribution in [0.2, 0.25) is 0 Å². The maximum Gasteiger partial charge on any atom is 0.0708 e. The molecule has 2 heterocycles. The Balaban J connectivity index is 2.13. The average molecular weight is 225 g/mol. The first-order chi connectivity index (χ1) is 7.84. The summed E-state index contributed by atoms with van der Waals surface area (Å²) in [5, 5.41) is 2.08. The highest BCUT2D eigenvalue weighted by molar-refractivity contribution is 7.12. The van der Waals surface area contributed by atoms with E-state index < -0.39 is 0 Å². The largest absolute Gasteiger partial charge is 0.251 e. The minimum absolute atomic E-state index is 0.859. The Bertz CT molecular complexity index is 564. The second kappa shape index (κ2) is 3.72. The molecule has 0 bridgehead atoms. The molecule has 1 aliphatic rings. The van der Waals surface area contributed by atoms with E-state index in [-0.39, 0.29) is 0 Å². The van der Waals surface area contributed by atoms with E-state index in [1.807, 2.05) is 18.2 Å². The van der Waals surface area contributed by atoms with Gasteiger partial charge in [0.15, 0.2) is 0 Å². The summed E-state index contributed by atoms with van der Waals surface area (Å²) in [7, 11) is 0. The third kappa shape index (κ3) is 1.51. The molecule has 78 valence electrons. The van der Waals surface area contributed by atoms with Crippen molar-refractivity contribution in [3.8, 4) is 0 Å². The van der Waals surface area contributed by atoms with Gasteiger partial charge in [-0.25, -0.2) is 0 Å². The van der Waals surface area contributed by atoms with E-state index in [2.05, 4.69) is 30.2 Å². The molecule has 1 aliphatic heterocycles. The third-order valence-electron chi connectivity index (χ3n) is 2.73. The number of hydrogen-bond donors (Lipinski definition) is 0. The van der Waals surface area contributed by atoms with E-state index in [9.17, 15) is 0 Å². The number of nitrogens with zero attached hydrogens (tertiary/aromatic N) is 1. The number of para-hydroxylation sites is 1. The van der Waals surface area contributed by atoms with Crippen LogP contribution in [-0.4, -0.2) is 5.71 Å². The van der Waals surface area contributed by atoms with E-state index in [0.29, 0.717) is 0 Å². The van der Waals surface area contributed by atoms with Crippen LogP contribution >= 0.6 is 11.3 Å². The maximum atomic E-state index is 4.70. The summed E-state index contributed by atoms with van der Waals surface area (Å²) in [5.74, 6) is 0. The minimum Gasteiger partial charge on any atom is -0.251 e. The summed E-state index contributed by atoms with van der Waals surface area (Å²) < 4.78 is 0. The van der Waals surface area contributed by atoms with Gasteiger partial charge in [-0.15, -0.1) is 11.3 Å². The molecule has 1 nitrogen and oxygen atoms in total. The highest BCUT2D eigenvalue weighted by Crippen LogP contribution is 2.34. The Labute approximate surface area is 98.8 Å². The van der Waals surface area contributed by atoms with Crippen molar-refractivity contribution in [2.45, 2.75) is 6.42 Å². The summed E-state index contributed by atoms with van der Waals surface area (Å²) in [6, 6.07) is 12.4. The predicted octanol–water partition coefficient (Wildman–Crippen LogP) is 4.29. The van der Waals surface area contributed by atoms with E-state index >= 15 is 0 Å². The summed E-state index contributed by atoms with van der Waals surface area (Å²) in [6.07, 6.45) is 0.859. The fourth-order valence-corrected chi connectivity index (χ4v) is 2.65. The van der Waals surface area contributed by atoms with Gasteiger partial charge in [0.25, 0.3) is 0 Å². The Morgan fingerprint density at radius 2 is 2.00 bits per heavy atom. The number of aliphatic imine (C=N–C) groups is 1. The van der Waals surface area contributed by atoms with Crippen LogP contribution in [0.4, 0.5) is 5.69 Å². The van der Waals surface area contributed by atoms with Crippen LogP contribution in [0.25, 0.3) is 5.57 Å². The first-order valence-electron chi connectivity index (χ1n) is 5.23. The summed E-state index contributed by atoms with van der Waals surface area (Å²) in [5.41, 5.74) is 4.53. The van der Waals surface area contributed by atoms with Gasteiger partial charge in [0.2, 0.25) is 0 Å². The second-order valence-electron chi connectivity index (χ2n) is 3.83. The first-order valence-corrected chi connectivity index (χ1v) is 6.11. The summed E-state index contributed by atoms with van der Waals surface area (Å²) >= 11 is 1.73. The van der Waals surface area contributed by atoms with Crippen LogP contribution in [0.5, 0.6) is 0 Å². The topological polar surface area (TPSA) is 12.4 Å². The van der Waals surface area contributed by atoms with E-state index in [1.165, 1.54) is 10.4 Å². The minimum atomic E-state index is 0.859. The van der Waals surface area contributed by atoms with Crippen molar-refractivity contribution in [3.63, 3.8) is 0 Å². The Kier molecular flexibility index (Phi) is 2.22. The zero-order valence-corrected chi connectivity index (χ0v) is 9.63. The lowest BCUT2D eigenvalue weighted by Crippen LogP contribution is -2.04. The van der Waals surface area contributed by atoms with Crippen LogP contribution in [0, 0.1) is 0 Å². The van der Waals surface area contributed by atoms with Crippen molar-refractivity contribution in [2.75, 3.05) is 0 Å². The molecule has 0 N–H and O–H groups in total. The molecule has 0 unspecified atom stereocenters. The molecule has 2 heteroatoms. The molecule has 3 rings (SSSR count). The van der Waals surface area contributed by atoms with Crippen LogP contribution < -0.4 is 0 Å². The van der Waals surface area contributed by atoms with Crippen LogP contribution in [0.3, 0.4) is 0 Å². The van der Waals surface area contributed by atoms with Gasteiger partial charge < -0.3 is 0 Å². The standard InChI is InChI=1S/C14H11NS/c1-10-9-13(14-7-4-8-16-14)15-12-6-3-2-5-11(10)12/h2-8H,1,9H2. The molecular weight excluding hydrogens is 214 g/mol. The van der Waals surface area contributed by atoms with Crippen molar-refractivity contribution in [1.82, 2.24) is 0 Å². The molecule has 0 saturated carbocycles. The third-order valence-corrected chi connectivity index (χ3v) is 3.65. The van der Waals surface area contributed by atoms with E-state index in [4.69, 9.17) is 4.99 Å². The van der Waals surface area contributed by atoms with Gasteiger partial charge in [-0.05, 0) is 23.1 Å². The molecule has 0 atom stereocenters. The van der Waals surface area contributed by atoms with Gasteiger partial charge in [0.05, 0.1) is 11.4 Å². The maximum absolute atomic E-state index is 4.70. The number of fused-ring (bicyclic) bond motifs is 1. The number of rotatable bonds is 1. The van der Waals surface area contributed by atoms with E-state index in [1.54, 1.807) is 11.3 Å². The molecule has 1 aromatic carbocycles. The molecule has 0 amide bonds. The average Bonchev–Trinajstić information content (AvgIpc) is 2.82. The fraction of sp³-hybridized carbons (Fsp3) is 0.0714. The summed E-state index contributed by atoms with van der Waals surface area (Å²) in [6.45, 7) is 4.14. The van der Waals surface area contributed by atoms with Gasteiger partial charge in [0.1, 0.15) is 0 Å². The summed E-state index contributed by atoms with van der Waals surface area (Å²) in [4.78, 5) is 5.95. The molecule has 0 aliphatic carbocycles. The molecule has 1 aromatic heterocycles. The monoisotopic (exact) mass is 225 g/mol. The number of hydrogen-bond acceptors (Lipinski definition) is 2. The Morgan fingerprint density at radius 1 is 1.12 bits per heavy atom. The van der Waals surface area contributed by atoms with Crippen LogP contribution in [-0.2, 0) is 0 Å². The van der Waals surface area contributed by atoms with Crippen LogP contribution in [0.1, 0.15) is 16.9 Å².